The number of aromatic nitrogens is 1. The van der Waals surface area contributed by atoms with Gasteiger partial charge in [0.15, 0.2) is 0 Å². The van der Waals surface area contributed by atoms with Crippen LogP contribution < -0.4 is 5.32 Å². The van der Waals surface area contributed by atoms with Gasteiger partial charge in [-0.25, -0.2) is 4.98 Å². The van der Waals surface area contributed by atoms with Crippen LogP contribution in [0, 0.1) is 0 Å². The summed E-state index contributed by atoms with van der Waals surface area (Å²) in [4.78, 5) is 15.8. The Morgan fingerprint density at radius 2 is 1.82 bits per heavy atom. The molecule has 1 heterocycles. The highest BCUT2D eigenvalue weighted by Gasteiger charge is 2.15. The van der Waals surface area contributed by atoms with Crippen LogP contribution in [0.5, 0.6) is 0 Å². The van der Waals surface area contributed by atoms with Crippen LogP contribution >= 0.6 is 23.2 Å². The summed E-state index contributed by atoms with van der Waals surface area (Å²) < 4.78 is 0. The number of carbonyl (C=O) groups excluding carboxylic acids is 1. The quantitative estimate of drug-likeness (QED) is 0.844. The number of rotatable bonds is 2. The molecule has 2 rings (SSSR count). The molecule has 1 amide bonds. The van der Waals surface area contributed by atoms with Gasteiger partial charge in [0.05, 0.1) is 10.6 Å². The number of nitrogens with zero attached hydrogens (tertiary/aromatic N) is 1. The molecule has 0 saturated carbocycles. The highest BCUT2D eigenvalue weighted by molar-refractivity contribution is 6.39. The first-order valence-electron chi connectivity index (χ1n) is 4.85. The molecule has 3 nitrogen and oxygen atoms in total. The van der Waals surface area contributed by atoms with Crippen molar-refractivity contribution in [2.24, 2.45) is 0 Å². The zero-order valence-electron chi connectivity index (χ0n) is 8.65. The number of pyridine rings is 1. The zero-order valence-corrected chi connectivity index (χ0v) is 10.2. The number of hydrogen-bond donors (Lipinski definition) is 1. The van der Waals surface area contributed by atoms with Gasteiger partial charge < -0.3 is 5.32 Å². The van der Waals surface area contributed by atoms with E-state index in [2.05, 4.69) is 10.3 Å². The summed E-state index contributed by atoms with van der Waals surface area (Å²) in [5, 5.41) is 3.06. The first-order valence-corrected chi connectivity index (χ1v) is 5.60. The standard InChI is InChI=1S/C12H8Cl2N2O/c13-9-6-7-15-11(14)10(9)12(17)16-8-4-2-1-3-5-8/h1-7H,(H,16,17). The van der Waals surface area contributed by atoms with E-state index in [1.807, 2.05) is 18.2 Å². The van der Waals surface area contributed by atoms with Crippen LogP contribution in [-0.2, 0) is 0 Å². The lowest BCUT2D eigenvalue weighted by atomic mass is 10.2. The van der Waals surface area contributed by atoms with E-state index in [4.69, 9.17) is 23.2 Å². The third kappa shape index (κ3) is 2.75. The fourth-order valence-electron chi connectivity index (χ4n) is 1.33. The molecule has 0 spiro atoms. The average molecular weight is 267 g/mol. The molecule has 0 aliphatic heterocycles. The number of halogens is 2. The minimum atomic E-state index is -0.376. The van der Waals surface area contributed by atoms with Gasteiger partial charge in [-0.3, -0.25) is 4.79 Å². The molecule has 0 atom stereocenters. The van der Waals surface area contributed by atoms with Gasteiger partial charge in [-0.1, -0.05) is 41.4 Å². The van der Waals surface area contributed by atoms with Crippen molar-refractivity contribution in [3.8, 4) is 0 Å². The highest BCUT2D eigenvalue weighted by Crippen LogP contribution is 2.23. The molecule has 0 bridgehead atoms. The lowest BCUT2D eigenvalue weighted by Gasteiger charge is -2.07. The van der Waals surface area contributed by atoms with Gasteiger partial charge in [-0.15, -0.1) is 0 Å². The molecule has 0 fully saturated rings. The van der Waals surface area contributed by atoms with Crippen molar-refractivity contribution in [3.63, 3.8) is 0 Å². The first-order chi connectivity index (χ1) is 8.18. The van der Waals surface area contributed by atoms with Crippen molar-refractivity contribution in [2.45, 2.75) is 0 Å². The molecular formula is C12H8Cl2N2O. The van der Waals surface area contributed by atoms with Crippen molar-refractivity contribution in [2.75, 3.05) is 5.32 Å². The molecule has 5 heteroatoms. The van der Waals surface area contributed by atoms with Crippen LogP contribution in [0.1, 0.15) is 10.4 Å². The Morgan fingerprint density at radius 1 is 1.12 bits per heavy atom. The lowest BCUT2D eigenvalue weighted by Crippen LogP contribution is -2.13. The second-order valence-corrected chi connectivity index (χ2v) is 4.04. The van der Waals surface area contributed by atoms with E-state index < -0.39 is 0 Å². The minimum Gasteiger partial charge on any atom is -0.322 e. The Hall–Kier alpha value is -1.58. The van der Waals surface area contributed by atoms with Crippen molar-refractivity contribution in [1.29, 1.82) is 0 Å². The zero-order chi connectivity index (χ0) is 12.3. The molecule has 0 unspecified atom stereocenters. The molecule has 17 heavy (non-hydrogen) atoms. The number of benzene rings is 1. The van der Waals surface area contributed by atoms with Crippen LogP contribution in [0.4, 0.5) is 5.69 Å². The number of carbonyl (C=O) groups is 1. The molecule has 1 aromatic heterocycles. The Labute approximate surface area is 108 Å². The number of nitrogens with one attached hydrogen (secondary N) is 1. The third-order valence-electron chi connectivity index (χ3n) is 2.11. The predicted octanol–water partition coefficient (Wildman–Crippen LogP) is 3.64. The smallest absolute Gasteiger partial charge is 0.260 e. The second kappa shape index (κ2) is 5.17. The fraction of sp³-hybridized carbons (Fsp3) is 0. The summed E-state index contributed by atoms with van der Waals surface area (Å²) in [6.07, 6.45) is 1.45. The van der Waals surface area contributed by atoms with Crippen LogP contribution in [0.25, 0.3) is 0 Å². The van der Waals surface area contributed by atoms with Gasteiger partial charge in [0.2, 0.25) is 0 Å². The van der Waals surface area contributed by atoms with Crippen molar-refractivity contribution >= 4 is 34.8 Å². The SMILES string of the molecule is O=C(Nc1ccccc1)c1c(Cl)ccnc1Cl. The van der Waals surface area contributed by atoms with E-state index in [1.165, 1.54) is 12.3 Å². The van der Waals surface area contributed by atoms with Gasteiger partial charge in [-0.2, -0.15) is 0 Å². The van der Waals surface area contributed by atoms with Gasteiger partial charge in [0.25, 0.3) is 5.91 Å². The molecule has 0 aliphatic rings. The van der Waals surface area contributed by atoms with Gasteiger partial charge in [0, 0.05) is 11.9 Å². The van der Waals surface area contributed by atoms with Crippen LogP contribution in [0.15, 0.2) is 42.6 Å². The van der Waals surface area contributed by atoms with Crippen molar-refractivity contribution in [3.05, 3.63) is 58.3 Å². The Bertz CT molecular complexity index is 523. The fourth-order valence-corrected chi connectivity index (χ4v) is 1.86. The minimum absolute atomic E-state index is 0.0888. The maximum atomic E-state index is 11.9. The van der Waals surface area contributed by atoms with Crippen molar-refractivity contribution in [1.82, 2.24) is 4.98 Å². The van der Waals surface area contributed by atoms with E-state index in [1.54, 1.807) is 12.1 Å². The number of anilines is 1. The Kier molecular flexibility index (Phi) is 3.61. The maximum absolute atomic E-state index is 11.9. The monoisotopic (exact) mass is 266 g/mol. The van der Waals surface area contributed by atoms with E-state index >= 15 is 0 Å². The lowest BCUT2D eigenvalue weighted by molar-refractivity contribution is 0.102. The van der Waals surface area contributed by atoms with Crippen LogP contribution in [-0.4, -0.2) is 10.9 Å². The molecule has 0 saturated heterocycles. The molecule has 2 aromatic rings. The number of hydrogen-bond acceptors (Lipinski definition) is 2. The molecule has 1 aromatic carbocycles. The largest absolute Gasteiger partial charge is 0.322 e. The van der Waals surface area contributed by atoms with E-state index in [0.717, 1.165) is 0 Å². The molecular weight excluding hydrogens is 259 g/mol. The summed E-state index contributed by atoms with van der Waals surface area (Å²) in [7, 11) is 0. The average Bonchev–Trinajstić information content (AvgIpc) is 2.30. The van der Waals surface area contributed by atoms with E-state index in [9.17, 15) is 4.79 Å². The predicted molar refractivity (Wildman–Crippen MR) is 68.7 cm³/mol. The molecule has 1 N–H and O–H groups in total. The van der Waals surface area contributed by atoms with Crippen LogP contribution in [0.3, 0.4) is 0 Å². The van der Waals surface area contributed by atoms with E-state index in [-0.39, 0.29) is 21.6 Å². The topological polar surface area (TPSA) is 42.0 Å². The van der Waals surface area contributed by atoms with Gasteiger partial charge >= 0.3 is 0 Å². The van der Waals surface area contributed by atoms with Crippen LogP contribution in [0.2, 0.25) is 10.2 Å². The second-order valence-electron chi connectivity index (χ2n) is 3.28. The van der Waals surface area contributed by atoms with Crippen molar-refractivity contribution < 1.29 is 4.79 Å². The van der Waals surface area contributed by atoms with E-state index in [0.29, 0.717) is 5.69 Å². The molecule has 0 aliphatic carbocycles. The summed E-state index contributed by atoms with van der Waals surface area (Å²) in [5.74, 6) is -0.376. The maximum Gasteiger partial charge on any atom is 0.260 e. The third-order valence-corrected chi connectivity index (χ3v) is 2.71. The Morgan fingerprint density at radius 3 is 2.47 bits per heavy atom. The first kappa shape index (κ1) is 11.9. The summed E-state index contributed by atoms with van der Waals surface area (Å²) in [6, 6.07) is 10.6. The number of para-hydroxylation sites is 1. The summed E-state index contributed by atoms with van der Waals surface area (Å²) in [6.45, 7) is 0. The van der Waals surface area contributed by atoms with Gasteiger partial charge in [0.1, 0.15) is 5.15 Å². The van der Waals surface area contributed by atoms with Gasteiger partial charge in [-0.05, 0) is 18.2 Å². The molecule has 86 valence electrons. The Balaban J connectivity index is 2.27. The highest BCUT2D eigenvalue weighted by atomic mass is 35.5. The summed E-state index contributed by atoms with van der Waals surface area (Å²) in [5.41, 5.74) is 0.855. The molecule has 0 radical (unpaired) electrons. The summed E-state index contributed by atoms with van der Waals surface area (Å²) >= 11 is 11.7. The number of amides is 1. The normalized spacial score (nSPS) is 10.0.